The van der Waals surface area contributed by atoms with Crippen LogP contribution in [0.25, 0.3) is 0 Å². The SMILES string of the molecule is CCOc1cccc(Oc2c(CBr)c(C)nn2C)c1. The molecule has 0 N–H and O–H groups in total. The van der Waals surface area contributed by atoms with Crippen LogP contribution in [0.2, 0.25) is 0 Å². The number of halogens is 1. The summed E-state index contributed by atoms with van der Waals surface area (Å²) >= 11 is 3.47. The highest BCUT2D eigenvalue weighted by Crippen LogP contribution is 2.30. The van der Waals surface area contributed by atoms with Crippen molar-refractivity contribution in [2.24, 2.45) is 7.05 Å². The van der Waals surface area contributed by atoms with Crippen LogP contribution in [0.5, 0.6) is 17.4 Å². The van der Waals surface area contributed by atoms with E-state index in [0.717, 1.165) is 28.6 Å². The first kappa shape index (κ1) is 13.9. The number of hydrogen-bond acceptors (Lipinski definition) is 3. The molecule has 0 saturated carbocycles. The third-order valence-corrected chi connectivity index (χ3v) is 3.31. The Kier molecular flexibility index (Phi) is 4.47. The molecule has 1 aromatic carbocycles. The fourth-order valence-corrected chi connectivity index (χ4v) is 2.51. The summed E-state index contributed by atoms with van der Waals surface area (Å²) in [5, 5.41) is 5.08. The summed E-state index contributed by atoms with van der Waals surface area (Å²) in [6.07, 6.45) is 0. The molecule has 0 atom stereocenters. The highest BCUT2D eigenvalue weighted by Gasteiger charge is 2.14. The lowest BCUT2D eigenvalue weighted by atomic mass is 10.3. The number of nitrogens with zero attached hydrogens (tertiary/aromatic N) is 2. The van der Waals surface area contributed by atoms with E-state index in [9.17, 15) is 0 Å². The average Bonchev–Trinajstić information content (AvgIpc) is 2.65. The fraction of sp³-hybridized carbons (Fsp3) is 0.357. The van der Waals surface area contributed by atoms with Crippen LogP contribution in [0.4, 0.5) is 0 Å². The van der Waals surface area contributed by atoms with Crippen molar-refractivity contribution in [2.45, 2.75) is 19.2 Å². The quantitative estimate of drug-likeness (QED) is 0.784. The fourth-order valence-electron chi connectivity index (χ4n) is 1.87. The van der Waals surface area contributed by atoms with Crippen LogP contribution in [-0.2, 0) is 12.4 Å². The monoisotopic (exact) mass is 324 g/mol. The number of benzene rings is 1. The summed E-state index contributed by atoms with van der Waals surface area (Å²) in [4.78, 5) is 0. The van der Waals surface area contributed by atoms with Crippen molar-refractivity contribution in [3.63, 3.8) is 0 Å². The van der Waals surface area contributed by atoms with Gasteiger partial charge in [-0.15, -0.1) is 0 Å². The zero-order valence-corrected chi connectivity index (χ0v) is 12.9. The summed E-state index contributed by atoms with van der Waals surface area (Å²) < 4.78 is 13.1. The summed E-state index contributed by atoms with van der Waals surface area (Å²) in [6, 6.07) is 7.61. The van der Waals surface area contributed by atoms with Gasteiger partial charge in [0.2, 0.25) is 5.88 Å². The van der Waals surface area contributed by atoms with E-state index in [1.54, 1.807) is 4.68 Å². The maximum Gasteiger partial charge on any atom is 0.221 e. The van der Waals surface area contributed by atoms with Crippen molar-refractivity contribution in [3.8, 4) is 17.4 Å². The molecule has 1 aromatic heterocycles. The second-order valence-corrected chi connectivity index (χ2v) is 4.70. The first-order valence-corrected chi connectivity index (χ1v) is 7.27. The Hall–Kier alpha value is -1.49. The molecule has 0 unspecified atom stereocenters. The Labute approximate surface area is 121 Å². The van der Waals surface area contributed by atoms with E-state index < -0.39 is 0 Å². The minimum absolute atomic E-state index is 0.640. The summed E-state index contributed by atoms with van der Waals surface area (Å²) in [5.74, 6) is 2.30. The van der Waals surface area contributed by atoms with Gasteiger partial charge in [-0.3, -0.25) is 0 Å². The van der Waals surface area contributed by atoms with Crippen LogP contribution in [0, 0.1) is 6.92 Å². The standard InChI is InChI=1S/C14H17BrN2O2/c1-4-18-11-6-5-7-12(8-11)19-14-13(9-15)10(2)16-17(14)3/h5-8H,4,9H2,1-3H3. The average molecular weight is 325 g/mol. The van der Waals surface area contributed by atoms with Crippen LogP contribution in [0.1, 0.15) is 18.2 Å². The number of ether oxygens (including phenoxy) is 2. The van der Waals surface area contributed by atoms with Crippen molar-refractivity contribution in [1.82, 2.24) is 9.78 Å². The Balaban J connectivity index is 2.28. The molecular formula is C14H17BrN2O2. The number of hydrogen-bond donors (Lipinski definition) is 0. The molecule has 4 nitrogen and oxygen atoms in total. The zero-order chi connectivity index (χ0) is 13.8. The van der Waals surface area contributed by atoms with Crippen molar-refractivity contribution in [3.05, 3.63) is 35.5 Å². The van der Waals surface area contributed by atoms with Crippen molar-refractivity contribution < 1.29 is 9.47 Å². The maximum absolute atomic E-state index is 5.93. The topological polar surface area (TPSA) is 36.3 Å². The smallest absolute Gasteiger partial charge is 0.221 e. The van der Waals surface area contributed by atoms with Gasteiger partial charge in [0.15, 0.2) is 0 Å². The van der Waals surface area contributed by atoms with E-state index in [1.165, 1.54) is 0 Å². The molecule has 0 aliphatic heterocycles. The van der Waals surface area contributed by atoms with Crippen LogP contribution in [-0.4, -0.2) is 16.4 Å². The van der Waals surface area contributed by atoms with Crippen LogP contribution < -0.4 is 9.47 Å². The second kappa shape index (κ2) is 6.10. The van der Waals surface area contributed by atoms with Gasteiger partial charge < -0.3 is 9.47 Å². The Morgan fingerprint density at radius 3 is 2.74 bits per heavy atom. The molecule has 0 aliphatic rings. The van der Waals surface area contributed by atoms with E-state index in [-0.39, 0.29) is 0 Å². The zero-order valence-electron chi connectivity index (χ0n) is 11.3. The van der Waals surface area contributed by atoms with Crippen LogP contribution in [0.15, 0.2) is 24.3 Å². The van der Waals surface area contributed by atoms with Crippen molar-refractivity contribution in [2.75, 3.05) is 6.61 Å². The molecule has 0 amide bonds. The molecule has 19 heavy (non-hydrogen) atoms. The molecule has 0 radical (unpaired) electrons. The molecule has 102 valence electrons. The van der Waals surface area contributed by atoms with Crippen molar-refractivity contribution >= 4 is 15.9 Å². The molecule has 0 aliphatic carbocycles. The first-order valence-electron chi connectivity index (χ1n) is 6.14. The first-order chi connectivity index (χ1) is 9.15. The summed E-state index contributed by atoms with van der Waals surface area (Å²) in [5.41, 5.74) is 2.03. The molecule has 2 rings (SSSR count). The highest BCUT2D eigenvalue weighted by atomic mass is 79.9. The van der Waals surface area contributed by atoms with Crippen LogP contribution in [0.3, 0.4) is 0 Å². The third-order valence-electron chi connectivity index (χ3n) is 2.75. The predicted molar refractivity (Wildman–Crippen MR) is 78.3 cm³/mol. The lowest BCUT2D eigenvalue weighted by Crippen LogP contribution is -1.97. The lowest BCUT2D eigenvalue weighted by Gasteiger charge is -2.09. The maximum atomic E-state index is 5.93. The molecule has 0 bridgehead atoms. The Bertz CT molecular complexity index is 567. The number of aromatic nitrogens is 2. The number of rotatable bonds is 5. The molecular weight excluding hydrogens is 308 g/mol. The van der Waals surface area contributed by atoms with E-state index >= 15 is 0 Å². The van der Waals surface area contributed by atoms with Crippen molar-refractivity contribution in [1.29, 1.82) is 0 Å². The summed E-state index contributed by atoms with van der Waals surface area (Å²) in [7, 11) is 1.88. The van der Waals surface area contributed by atoms with E-state index in [4.69, 9.17) is 9.47 Å². The normalized spacial score (nSPS) is 10.5. The minimum Gasteiger partial charge on any atom is -0.494 e. The lowest BCUT2D eigenvalue weighted by molar-refractivity contribution is 0.337. The molecule has 5 heteroatoms. The predicted octanol–water partition coefficient (Wildman–Crippen LogP) is 3.81. The van der Waals surface area contributed by atoms with Gasteiger partial charge in [-0.2, -0.15) is 5.10 Å². The third kappa shape index (κ3) is 3.10. The highest BCUT2D eigenvalue weighted by molar-refractivity contribution is 9.08. The van der Waals surface area contributed by atoms with E-state index in [0.29, 0.717) is 11.9 Å². The molecule has 1 heterocycles. The summed E-state index contributed by atoms with van der Waals surface area (Å²) in [6.45, 7) is 4.57. The molecule has 0 saturated heterocycles. The molecule has 0 spiro atoms. The van der Waals surface area contributed by atoms with Gasteiger partial charge in [0.25, 0.3) is 0 Å². The molecule has 2 aromatic rings. The van der Waals surface area contributed by atoms with Gasteiger partial charge in [-0.05, 0) is 26.0 Å². The van der Waals surface area contributed by atoms with Gasteiger partial charge in [-0.1, -0.05) is 22.0 Å². The van der Waals surface area contributed by atoms with E-state index in [2.05, 4.69) is 21.0 Å². The number of aryl methyl sites for hydroxylation is 2. The van der Waals surface area contributed by atoms with Gasteiger partial charge in [0.1, 0.15) is 11.5 Å². The second-order valence-electron chi connectivity index (χ2n) is 4.14. The van der Waals surface area contributed by atoms with Gasteiger partial charge in [0.05, 0.1) is 12.3 Å². The Morgan fingerprint density at radius 2 is 2.05 bits per heavy atom. The largest absolute Gasteiger partial charge is 0.494 e. The van der Waals surface area contributed by atoms with E-state index in [1.807, 2.05) is 45.2 Å². The van der Waals surface area contributed by atoms with Crippen LogP contribution >= 0.6 is 15.9 Å². The van der Waals surface area contributed by atoms with Gasteiger partial charge in [-0.25, -0.2) is 4.68 Å². The van der Waals surface area contributed by atoms with Gasteiger partial charge >= 0.3 is 0 Å². The van der Waals surface area contributed by atoms with Gasteiger partial charge in [0, 0.05) is 24.0 Å². The molecule has 0 fully saturated rings. The Morgan fingerprint density at radius 1 is 1.32 bits per heavy atom. The number of alkyl halides is 1. The minimum atomic E-state index is 0.640.